The summed E-state index contributed by atoms with van der Waals surface area (Å²) in [5, 5.41) is 3.34. The van der Waals surface area contributed by atoms with Gasteiger partial charge in [-0.1, -0.05) is 0 Å². The van der Waals surface area contributed by atoms with Gasteiger partial charge >= 0.3 is 0 Å². The molecule has 88 valence electrons. The van der Waals surface area contributed by atoms with E-state index in [2.05, 4.69) is 10.2 Å². The highest BCUT2D eigenvalue weighted by Crippen LogP contribution is 2.23. The largest absolute Gasteiger partial charge is 0.314 e. The molecular weight excluding hydrogens is 214 g/mol. The van der Waals surface area contributed by atoms with Crippen LogP contribution in [-0.2, 0) is 10.0 Å². The zero-order valence-electron chi connectivity index (χ0n) is 9.31. The number of hydrogen-bond donors (Lipinski definition) is 1. The van der Waals surface area contributed by atoms with Gasteiger partial charge < -0.3 is 5.32 Å². The van der Waals surface area contributed by atoms with Crippen LogP contribution in [-0.4, -0.2) is 69.2 Å². The Labute approximate surface area is 91.5 Å². The summed E-state index contributed by atoms with van der Waals surface area (Å²) >= 11 is 0. The van der Waals surface area contributed by atoms with Crippen molar-refractivity contribution in [3.63, 3.8) is 0 Å². The zero-order chi connectivity index (χ0) is 11.1. The van der Waals surface area contributed by atoms with E-state index in [1.54, 1.807) is 7.05 Å². The van der Waals surface area contributed by atoms with Crippen molar-refractivity contribution < 1.29 is 8.42 Å². The lowest BCUT2D eigenvalue weighted by atomic mass is 10.1. The number of fused-ring (bicyclic) bond motifs is 1. The number of rotatable bonds is 2. The molecule has 2 atom stereocenters. The molecule has 0 amide bonds. The molecule has 2 saturated heterocycles. The summed E-state index contributed by atoms with van der Waals surface area (Å²) in [6.07, 6.45) is 2.24. The van der Waals surface area contributed by atoms with E-state index < -0.39 is 10.0 Å². The number of hydrogen-bond acceptors (Lipinski definition) is 4. The van der Waals surface area contributed by atoms with Gasteiger partial charge in [0.1, 0.15) is 0 Å². The monoisotopic (exact) mass is 233 g/mol. The van der Waals surface area contributed by atoms with Crippen LogP contribution in [0.25, 0.3) is 0 Å². The molecule has 2 heterocycles. The van der Waals surface area contributed by atoms with Gasteiger partial charge in [0.25, 0.3) is 0 Å². The fourth-order valence-corrected chi connectivity index (χ4v) is 3.16. The predicted octanol–water partition coefficient (Wildman–Crippen LogP) is -1.08. The van der Waals surface area contributed by atoms with Crippen molar-refractivity contribution in [1.29, 1.82) is 0 Å². The molecule has 6 heteroatoms. The number of piperazine rings is 1. The smallest absolute Gasteiger partial charge is 0.211 e. The van der Waals surface area contributed by atoms with Crippen LogP contribution < -0.4 is 5.32 Å². The van der Waals surface area contributed by atoms with Crippen LogP contribution >= 0.6 is 0 Å². The Hall–Kier alpha value is -0.170. The summed E-state index contributed by atoms with van der Waals surface area (Å²) in [6, 6.07) is 0.679. The molecule has 0 aromatic carbocycles. The van der Waals surface area contributed by atoms with Gasteiger partial charge in [0.15, 0.2) is 0 Å². The topological polar surface area (TPSA) is 52.6 Å². The maximum atomic E-state index is 11.4. The maximum absolute atomic E-state index is 11.4. The SMILES string of the molecule is CN(C1CC2CNCCN2C1)S(C)(=O)=O. The second-order valence-electron chi connectivity index (χ2n) is 4.52. The molecule has 0 bridgehead atoms. The number of sulfonamides is 1. The molecule has 0 aromatic heterocycles. The van der Waals surface area contributed by atoms with E-state index in [-0.39, 0.29) is 6.04 Å². The van der Waals surface area contributed by atoms with Crippen molar-refractivity contribution in [2.75, 3.05) is 39.5 Å². The predicted molar refractivity (Wildman–Crippen MR) is 59.2 cm³/mol. The summed E-state index contributed by atoms with van der Waals surface area (Å²) in [4.78, 5) is 2.39. The summed E-state index contributed by atoms with van der Waals surface area (Å²) < 4.78 is 24.4. The maximum Gasteiger partial charge on any atom is 0.211 e. The first-order chi connectivity index (χ1) is 6.98. The fourth-order valence-electron chi connectivity index (χ4n) is 2.47. The minimum atomic E-state index is -3.04. The average Bonchev–Trinajstić information content (AvgIpc) is 2.58. The van der Waals surface area contributed by atoms with Gasteiger partial charge in [0.2, 0.25) is 10.0 Å². The van der Waals surface area contributed by atoms with Gasteiger partial charge in [-0.3, -0.25) is 4.90 Å². The van der Waals surface area contributed by atoms with Crippen LogP contribution in [0.15, 0.2) is 0 Å². The lowest BCUT2D eigenvalue weighted by molar-refractivity contribution is 0.209. The Morgan fingerprint density at radius 2 is 2.20 bits per heavy atom. The van der Waals surface area contributed by atoms with Crippen molar-refractivity contribution in [2.24, 2.45) is 0 Å². The second-order valence-corrected chi connectivity index (χ2v) is 6.56. The molecule has 2 fully saturated rings. The molecule has 0 aliphatic carbocycles. The van der Waals surface area contributed by atoms with Crippen molar-refractivity contribution >= 4 is 10.0 Å². The summed E-state index contributed by atoms with van der Waals surface area (Å²) in [6.45, 7) is 3.94. The summed E-state index contributed by atoms with van der Waals surface area (Å²) in [5.74, 6) is 0. The van der Waals surface area contributed by atoms with Crippen molar-refractivity contribution in [2.45, 2.75) is 18.5 Å². The van der Waals surface area contributed by atoms with E-state index in [1.807, 2.05) is 0 Å². The van der Waals surface area contributed by atoms with E-state index >= 15 is 0 Å². The third-order valence-corrected chi connectivity index (χ3v) is 4.84. The molecule has 0 spiro atoms. The highest BCUT2D eigenvalue weighted by Gasteiger charge is 2.37. The molecule has 2 unspecified atom stereocenters. The summed E-state index contributed by atoms with van der Waals surface area (Å²) in [5.41, 5.74) is 0. The molecular formula is C9H19N3O2S. The van der Waals surface area contributed by atoms with E-state index in [0.717, 1.165) is 32.6 Å². The first-order valence-electron chi connectivity index (χ1n) is 5.36. The van der Waals surface area contributed by atoms with Gasteiger partial charge in [-0.25, -0.2) is 12.7 Å². The molecule has 2 aliphatic heterocycles. The summed E-state index contributed by atoms with van der Waals surface area (Å²) in [7, 11) is -1.36. The van der Waals surface area contributed by atoms with Crippen molar-refractivity contribution in [3.8, 4) is 0 Å². The average molecular weight is 233 g/mol. The van der Waals surface area contributed by atoms with Gasteiger partial charge in [0.05, 0.1) is 6.26 Å². The van der Waals surface area contributed by atoms with Gasteiger partial charge in [0, 0.05) is 45.3 Å². The third-order valence-electron chi connectivity index (χ3n) is 3.50. The third kappa shape index (κ3) is 2.33. The van der Waals surface area contributed by atoms with E-state index in [0.29, 0.717) is 6.04 Å². The van der Waals surface area contributed by atoms with Crippen LogP contribution in [0.1, 0.15) is 6.42 Å². The molecule has 0 aromatic rings. The molecule has 0 saturated carbocycles. The van der Waals surface area contributed by atoms with Crippen LogP contribution in [0.5, 0.6) is 0 Å². The van der Waals surface area contributed by atoms with Crippen molar-refractivity contribution in [3.05, 3.63) is 0 Å². The second kappa shape index (κ2) is 4.01. The van der Waals surface area contributed by atoms with Crippen LogP contribution in [0.3, 0.4) is 0 Å². The lowest BCUT2D eigenvalue weighted by Gasteiger charge is -2.29. The molecule has 15 heavy (non-hydrogen) atoms. The van der Waals surface area contributed by atoms with E-state index in [4.69, 9.17) is 0 Å². The number of nitrogens with one attached hydrogen (secondary N) is 1. The Kier molecular flexibility index (Phi) is 3.03. The molecule has 1 N–H and O–H groups in total. The van der Waals surface area contributed by atoms with Gasteiger partial charge in [-0.15, -0.1) is 0 Å². The fraction of sp³-hybridized carbons (Fsp3) is 1.00. The van der Waals surface area contributed by atoms with E-state index in [9.17, 15) is 8.42 Å². The minimum Gasteiger partial charge on any atom is -0.314 e. The van der Waals surface area contributed by atoms with Crippen LogP contribution in [0.2, 0.25) is 0 Å². The zero-order valence-corrected chi connectivity index (χ0v) is 10.1. The first kappa shape index (κ1) is 11.3. The Morgan fingerprint density at radius 3 is 2.80 bits per heavy atom. The quantitative estimate of drug-likeness (QED) is 0.659. The molecule has 2 rings (SSSR count). The lowest BCUT2D eigenvalue weighted by Crippen LogP contribution is -2.47. The van der Waals surface area contributed by atoms with E-state index in [1.165, 1.54) is 10.6 Å². The Morgan fingerprint density at radius 1 is 1.47 bits per heavy atom. The highest BCUT2D eigenvalue weighted by atomic mass is 32.2. The normalized spacial score (nSPS) is 33.3. The van der Waals surface area contributed by atoms with Crippen LogP contribution in [0.4, 0.5) is 0 Å². The molecule has 5 nitrogen and oxygen atoms in total. The first-order valence-corrected chi connectivity index (χ1v) is 7.21. The Bertz CT molecular complexity index is 316. The number of nitrogens with zero attached hydrogens (tertiary/aromatic N) is 2. The van der Waals surface area contributed by atoms with Crippen molar-refractivity contribution in [1.82, 2.24) is 14.5 Å². The molecule has 2 aliphatic rings. The minimum absolute atomic E-state index is 0.157. The molecule has 0 radical (unpaired) electrons. The van der Waals surface area contributed by atoms with Crippen LogP contribution in [0, 0.1) is 0 Å². The standard InChI is InChI=1S/C9H19N3O2S/c1-11(15(2,13)14)9-5-8-6-10-3-4-12(8)7-9/h8-10H,3-7H2,1-2H3. The Balaban J connectivity index is 2.02. The van der Waals surface area contributed by atoms with Gasteiger partial charge in [-0.2, -0.15) is 0 Å². The number of likely N-dealkylation sites (N-methyl/N-ethyl adjacent to an activating group) is 1. The van der Waals surface area contributed by atoms with Gasteiger partial charge in [-0.05, 0) is 6.42 Å². The highest BCUT2D eigenvalue weighted by molar-refractivity contribution is 7.88.